The van der Waals surface area contributed by atoms with E-state index in [0.29, 0.717) is 22.0 Å². The smallest absolute Gasteiger partial charge is 0.184 e. The van der Waals surface area contributed by atoms with Crippen molar-refractivity contribution in [3.63, 3.8) is 0 Å². The van der Waals surface area contributed by atoms with Crippen LogP contribution in [0.4, 0.5) is 11.4 Å². The minimum atomic E-state index is -3.74. The fraction of sp³-hybridized carbons (Fsp3) is 0.250. The second-order valence-corrected chi connectivity index (χ2v) is 7.74. The maximum atomic E-state index is 12.8. The standard InChI is InChI=1S/C16H18ClN3O3S/c1-20(2)12-4-7-15(19-18)16(9-12)24(21,22)10-11-8-13(23-3)5-6-14(11)17/h4-9,18H,10H2,1-3H3. The normalized spacial score (nSPS) is 11.2. The number of methoxy groups -OCH3 is 1. The molecule has 0 atom stereocenters. The molecule has 2 aromatic rings. The van der Waals surface area contributed by atoms with Crippen LogP contribution in [0.1, 0.15) is 5.56 Å². The van der Waals surface area contributed by atoms with Crippen LogP contribution in [-0.4, -0.2) is 29.6 Å². The second kappa shape index (κ2) is 7.19. The highest BCUT2D eigenvalue weighted by Crippen LogP contribution is 2.33. The Balaban J connectivity index is 2.51. The average Bonchev–Trinajstić information content (AvgIpc) is 2.56. The first-order valence-electron chi connectivity index (χ1n) is 7.02. The fourth-order valence-electron chi connectivity index (χ4n) is 2.19. The van der Waals surface area contributed by atoms with Crippen molar-refractivity contribution in [1.82, 2.24) is 0 Å². The molecule has 0 radical (unpaired) electrons. The van der Waals surface area contributed by atoms with Gasteiger partial charge in [-0.3, -0.25) is 0 Å². The first-order valence-corrected chi connectivity index (χ1v) is 9.05. The van der Waals surface area contributed by atoms with Gasteiger partial charge in [0.05, 0.1) is 17.8 Å². The van der Waals surface area contributed by atoms with Crippen LogP contribution in [0.2, 0.25) is 5.02 Å². The monoisotopic (exact) mass is 367 g/mol. The predicted molar refractivity (Wildman–Crippen MR) is 94.5 cm³/mol. The Morgan fingerprint density at radius 2 is 1.92 bits per heavy atom. The zero-order valence-electron chi connectivity index (χ0n) is 13.6. The molecule has 8 heteroatoms. The van der Waals surface area contributed by atoms with Gasteiger partial charge in [-0.2, -0.15) is 5.11 Å². The van der Waals surface area contributed by atoms with Crippen molar-refractivity contribution in [3.8, 4) is 5.75 Å². The maximum Gasteiger partial charge on any atom is 0.184 e. The molecule has 0 aliphatic heterocycles. The molecule has 0 aromatic heterocycles. The van der Waals surface area contributed by atoms with Crippen LogP contribution < -0.4 is 9.64 Å². The maximum absolute atomic E-state index is 12.8. The SMILES string of the molecule is COc1ccc(Cl)c(CS(=O)(=O)c2cc(N(C)C)ccc2N=N)c1. The molecule has 1 N–H and O–H groups in total. The zero-order chi connectivity index (χ0) is 17.9. The number of halogens is 1. The topological polar surface area (TPSA) is 82.8 Å². The van der Waals surface area contributed by atoms with E-state index in [4.69, 9.17) is 21.9 Å². The summed E-state index contributed by atoms with van der Waals surface area (Å²) in [6.45, 7) is 0. The molecule has 0 fully saturated rings. The molecule has 2 aromatic carbocycles. The van der Waals surface area contributed by atoms with E-state index in [9.17, 15) is 8.42 Å². The van der Waals surface area contributed by atoms with Gasteiger partial charge < -0.3 is 9.64 Å². The molecule has 2 rings (SSSR count). The third-order valence-electron chi connectivity index (χ3n) is 3.51. The summed E-state index contributed by atoms with van der Waals surface area (Å²) in [5, 5.41) is 3.67. The van der Waals surface area contributed by atoms with Gasteiger partial charge in [0, 0.05) is 24.8 Å². The lowest BCUT2D eigenvalue weighted by molar-refractivity contribution is 0.414. The molecular weight excluding hydrogens is 350 g/mol. The number of hydrogen-bond donors (Lipinski definition) is 1. The molecule has 24 heavy (non-hydrogen) atoms. The van der Waals surface area contributed by atoms with E-state index in [2.05, 4.69) is 5.11 Å². The van der Waals surface area contributed by atoms with E-state index in [1.54, 1.807) is 29.2 Å². The van der Waals surface area contributed by atoms with Crippen LogP contribution in [0.15, 0.2) is 46.4 Å². The third kappa shape index (κ3) is 3.85. The first kappa shape index (κ1) is 18.2. The van der Waals surface area contributed by atoms with E-state index in [1.807, 2.05) is 14.1 Å². The summed E-state index contributed by atoms with van der Waals surface area (Å²) in [6, 6.07) is 9.59. The molecule has 0 aliphatic carbocycles. The summed E-state index contributed by atoms with van der Waals surface area (Å²) >= 11 is 6.11. The Kier molecular flexibility index (Phi) is 5.46. The van der Waals surface area contributed by atoms with E-state index < -0.39 is 9.84 Å². The Morgan fingerprint density at radius 1 is 1.21 bits per heavy atom. The molecule has 0 aliphatic rings. The molecule has 0 unspecified atom stereocenters. The molecule has 0 spiro atoms. The summed E-state index contributed by atoms with van der Waals surface area (Å²) < 4.78 is 30.8. The summed E-state index contributed by atoms with van der Waals surface area (Å²) in [4.78, 5) is 1.79. The Hall–Kier alpha value is -2.12. The van der Waals surface area contributed by atoms with Gasteiger partial charge in [-0.25, -0.2) is 13.9 Å². The fourth-order valence-corrected chi connectivity index (χ4v) is 3.99. The summed E-state index contributed by atoms with van der Waals surface area (Å²) in [5.41, 5.74) is 8.46. The van der Waals surface area contributed by atoms with Crippen LogP contribution in [0, 0.1) is 5.53 Å². The summed E-state index contributed by atoms with van der Waals surface area (Å²) in [5.74, 6) is 0.222. The number of ether oxygens (including phenoxy) is 1. The largest absolute Gasteiger partial charge is 0.497 e. The van der Waals surface area contributed by atoms with Crippen LogP contribution in [0.5, 0.6) is 5.75 Å². The minimum absolute atomic E-state index is 0.00239. The highest BCUT2D eigenvalue weighted by atomic mass is 35.5. The molecule has 6 nitrogen and oxygen atoms in total. The van der Waals surface area contributed by atoms with Crippen molar-refractivity contribution >= 4 is 32.8 Å². The quantitative estimate of drug-likeness (QED) is 0.780. The number of sulfone groups is 1. The Labute approximate surface area is 146 Å². The van der Waals surface area contributed by atoms with Gasteiger partial charge in [0.25, 0.3) is 0 Å². The van der Waals surface area contributed by atoms with Gasteiger partial charge >= 0.3 is 0 Å². The minimum Gasteiger partial charge on any atom is -0.497 e. The van der Waals surface area contributed by atoms with Crippen molar-refractivity contribution in [3.05, 3.63) is 47.0 Å². The van der Waals surface area contributed by atoms with Gasteiger partial charge in [0.2, 0.25) is 0 Å². The van der Waals surface area contributed by atoms with E-state index in [0.717, 1.165) is 0 Å². The number of benzene rings is 2. The van der Waals surface area contributed by atoms with Crippen molar-refractivity contribution in [1.29, 1.82) is 5.53 Å². The summed E-state index contributed by atoms with van der Waals surface area (Å²) in [6.07, 6.45) is 0. The van der Waals surface area contributed by atoms with Crippen LogP contribution in [0.3, 0.4) is 0 Å². The van der Waals surface area contributed by atoms with Crippen molar-refractivity contribution < 1.29 is 13.2 Å². The Bertz CT molecular complexity index is 867. The molecule has 0 saturated carbocycles. The number of nitrogens with one attached hydrogen (secondary N) is 1. The number of hydrogen-bond acceptors (Lipinski definition) is 6. The van der Waals surface area contributed by atoms with E-state index in [1.165, 1.54) is 19.2 Å². The zero-order valence-corrected chi connectivity index (χ0v) is 15.1. The molecular formula is C16H18ClN3O3S. The van der Waals surface area contributed by atoms with Gasteiger partial charge in [0.1, 0.15) is 11.4 Å². The predicted octanol–water partition coefficient (Wildman–Crippen LogP) is 4.05. The first-order chi connectivity index (χ1) is 11.3. The number of anilines is 1. The molecule has 0 bridgehead atoms. The lowest BCUT2D eigenvalue weighted by Gasteiger charge is -2.15. The highest BCUT2D eigenvalue weighted by Gasteiger charge is 2.22. The van der Waals surface area contributed by atoms with Crippen molar-refractivity contribution in [2.75, 3.05) is 26.1 Å². The molecule has 0 amide bonds. The van der Waals surface area contributed by atoms with Crippen LogP contribution in [0.25, 0.3) is 0 Å². The van der Waals surface area contributed by atoms with Crippen LogP contribution >= 0.6 is 11.6 Å². The van der Waals surface area contributed by atoms with Gasteiger partial charge in [-0.05, 0) is 42.0 Å². The average molecular weight is 368 g/mol. The molecule has 0 heterocycles. The second-order valence-electron chi connectivity index (χ2n) is 5.37. The van der Waals surface area contributed by atoms with Crippen LogP contribution in [-0.2, 0) is 15.6 Å². The van der Waals surface area contributed by atoms with Gasteiger partial charge in [0.15, 0.2) is 9.84 Å². The van der Waals surface area contributed by atoms with E-state index >= 15 is 0 Å². The highest BCUT2D eigenvalue weighted by molar-refractivity contribution is 7.90. The summed E-state index contributed by atoms with van der Waals surface area (Å²) in [7, 11) is 1.37. The Morgan fingerprint density at radius 3 is 2.50 bits per heavy atom. The third-order valence-corrected chi connectivity index (χ3v) is 5.57. The van der Waals surface area contributed by atoms with Gasteiger partial charge in [-0.15, -0.1) is 0 Å². The van der Waals surface area contributed by atoms with Gasteiger partial charge in [-0.1, -0.05) is 11.6 Å². The molecule has 128 valence electrons. The van der Waals surface area contributed by atoms with Crippen molar-refractivity contribution in [2.45, 2.75) is 10.6 Å². The lowest BCUT2D eigenvalue weighted by atomic mass is 10.2. The number of nitrogens with zero attached hydrogens (tertiary/aromatic N) is 2. The molecule has 0 saturated heterocycles. The van der Waals surface area contributed by atoms with Crippen molar-refractivity contribution in [2.24, 2.45) is 5.11 Å². The van der Waals surface area contributed by atoms with E-state index in [-0.39, 0.29) is 16.3 Å². The lowest BCUT2D eigenvalue weighted by Crippen LogP contribution is -2.11. The number of rotatable bonds is 6.